The first kappa shape index (κ1) is 36.2. The number of hydrogen-bond acceptors (Lipinski definition) is 0. The van der Waals surface area contributed by atoms with Gasteiger partial charge in [0.05, 0.1) is 27.5 Å². The molecule has 308 valence electrons. The first-order valence-corrected chi connectivity index (χ1v) is 23.3. The van der Waals surface area contributed by atoms with E-state index in [9.17, 15) is 0 Å². The molecule has 3 aliphatic carbocycles. The minimum atomic E-state index is -0.368. The molecule has 12 aromatic rings. The molecular weight excluding hydrogens is 797 g/mol. The molecule has 0 N–H and O–H groups in total. The quantitative estimate of drug-likeness (QED) is 0.168. The highest BCUT2D eigenvalue weighted by Crippen LogP contribution is 2.63. The maximum absolute atomic E-state index is 2.52. The number of fused-ring (bicyclic) bond motifs is 19. The number of hydrogen-bond donors (Lipinski definition) is 0. The summed E-state index contributed by atoms with van der Waals surface area (Å²) in [6.45, 7) is 4.84. The summed E-state index contributed by atoms with van der Waals surface area (Å²) in [5, 5.41) is 5.10. The lowest BCUT2D eigenvalue weighted by molar-refractivity contribution is 0.661. The highest BCUT2D eigenvalue weighted by atomic mass is 15.0. The molecular formula is C64H42N2. The summed E-state index contributed by atoms with van der Waals surface area (Å²) < 4.78 is 4.90. The van der Waals surface area contributed by atoms with E-state index in [4.69, 9.17) is 0 Å². The van der Waals surface area contributed by atoms with Crippen LogP contribution in [-0.2, 0) is 10.8 Å². The summed E-state index contributed by atoms with van der Waals surface area (Å²) in [5.74, 6) is 0. The minimum absolute atomic E-state index is 0.202. The Hall–Kier alpha value is -8.20. The zero-order chi connectivity index (χ0) is 43.5. The van der Waals surface area contributed by atoms with Gasteiger partial charge in [-0.3, -0.25) is 0 Å². The van der Waals surface area contributed by atoms with Gasteiger partial charge in [0.2, 0.25) is 0 Å². The summed E-state index contributed by atoms with van der Waals surface area (Å²) in [5.41, 5.74) is 25.3. The average molecular weight is 839 g/mol. The van der Waals surface area contributed by atoms with E-state index in [0.717, 1.165) is 11.4 Å². The molecule has 0 aliphatic heterocycles. The third-order valence-corrected chi connectivity index (χ3v) is 15.7. The van der Waals surface area contributed by atoms with Gasteiger partial charge in [0.25, 0.3) is 0 Å². The molecule has 0 saturated heterocycles. The molecule has 0 bridgehead atoms. The maximum atomic E-state index is 2.52. The zero-order valence-electron chi connectivity index (χ0n) is 36.7. The lowest BCUT2D eigenvalue weighted by atomic mass is 9.70. The topological polar surface area (TPSA) is 9.86 Å². The van der Waals surface area contributed by atoms with Crippen molar-refractivity contribution in [2.45, 2.75) is 24.7 Å². The average Bonchev–Trinajstić information content (AvgIpc) is 4.12. The molecule has 2 aromatic heterocycles. The first-order chi connectivity index (χ1) is 32.5. The molecule has 3 aliphatic rings. The molecule has 2 heteroatoms. The van der Waals surface area contributed by atoms with Gasteiger partial charge in [0.15, 0.2) is 0 Å². The second-order valence-corrected chi connectivity index (χ2v) is 19.2. The third-order valence-electron chi connectivity index (χ3n) is 15.7. The van der Waals surface area contributed by atoms with Crippen molar-refractivity contribution < 1.29 is 0 Å². The Balaban J connectivity index is 0.895. The molecule has 10 aromatic carbocycles. The van der Waals surface area contributed by atoms with Gasteiger partial charge in [0, 0.05) is 38.3 Å². The van der Waals surface area contributed by atoms with Crippen LogP contribution in [0.25, 0.3) is 99.5 Å². The minimum Gasteiger partial charge on any atom is -0.309 e. The van der Waals surface area contributed by atoms with Gasteiger partial charge in [0.1, 0.15) is 0 Å². The number of para-hydroxylation sites is 3. The lowest BCUT2D eigenvalue weighted by Gasteiger charge is -2.30. The molecule has 0 unspecified atom stereocenters. The van der Waals surface area contributed by atoms with Crippen LogP contribution in [0.1, 0.15) is 47.2 Å². The van der Waals surface area contributed by atoms with Crippen LogP contribution in [0.15, 0.2) is 218 Å². The van der Waals surface area contributed by atoms with Crippen molar-refractivity contribution >= 4 is 43.6 Å². The fourth-order valence-electron chi connectivity index (χ4n) is 12.9. The second-order valence-electron chi connectivity index (χ2n) is 19.2. The SMILES string of the molecule is CC1(C)c2cc(-c3ccc4c(c3)C3(c5ccccc5-c5ccccc53)c3ccccc3-4)ccc2-c2cc3c(cc21)c1ccccc1n3-c1cccc(-n2c3ccccc3c3ccccc32)c1. The van der Waals surface area contributed by atoms with E-state index in [1.165, 1.54) is 122 Å². The van der Waals surface area contributed by atoms with E-state index >= 15 is 0 Å². The largest absolute Gasteiger partial charge is 0.309 e. The maximum Gasteiger partial charge on any atom is 0.0725 e. The highest BCUT2D eigenvalue weighted by molar-refractivity contribution is 6.12. The van der Waals surface area contributed by atoms with Gasteiger partial charge in [-0.1, -0.05) is 172 Å². The number of nitrogens with zero attached hydrogens (tertiary/aromatic N) is 2. The Morgan fingerprint density at radius 3 is 1.23 bits per heavy atom. The van der Waals surface area contributed by atoms with Gasteiger partial charge in [-0.05, 0) is 139 Å². The molecule has 0 atom stereocenters. The second kappa shape index (κ2) is 12.7. The van der Waals surface area contributed by atoms with Crippen molar-refractivity contribution in [3.8, 4) is 55.9 Å². The summed E-state index contributed by atoms with van der Waals surface area (Å²) in [7, 11) is 0. The molecule has 0 saturated carbocycles. The molecule has 1 spiro atoms. The van der Waals surface area contributed by atoms with Gasteiger partial charge < -0.3 is 9.13 Å². The summed E-state index contributed by atoms with van der Waals surface area (Å²) in [6.07, 6.45) is 0. The Kier molecular flexibility index (Phi) is 6.98. The molecule has 66 heavy (non-hydrogen) atoms. The molecule has 0 fully saturated rings. The lowest BCUT2D eigenvalue weighted by Crippen LogP contribution is -2.25. The summed E-state index contributed by atoms with van der Waals surface area (Å²) >= 11 is 0. The van der Waals surface area contributed by atoms with E-state index in [1.807, 2.05) is 0 Å². The van der Waals surface area contributed by atoms with Crippen LogP contribution < -0.4 is 0 Å². The standard InChI is InChI=1S/C64H42N2/c1-63(2)56-34-39(40-30-32-46-45-20-5-11-26-55(45)64(58(46)35-40)53-24-9-3-18-43(53)44-19-4-10-25-54(44)64)31-33-47(56)51-38-62-52(37-57(51)63)50-23-8-14-29-61(50)66(62)42-17-15-16-41(36-42)65-59-27-12-6-21-48(59)49-22-7-13-28-60(49)65/h3-38H,1-2H3. The van der Waals surface area contributed by atoms with Crippen molar-refractivity contribution in [1.29, 1.82) is 0 Å². The van der Waals surface area contributed by atoms with E-state index in [-0.39, 0.29) is 10.8 Å². The van der Waals surface area contributed by atoms with Crippen LogP contribution in [-0.4, -0.2) is 9.13 Å². The third kappa shape index (κ3) is 4.46. The van der Waals surface area contributed by atoms with Crippen molar-refractivity contribution in [3.05, 3.63) is 252 Å². The molecule has 15 rings (SSSR count). The van der Waals surface area contributed by atoms with Gasteiger partial charge in [-0.2, -0.15) is 0 Å². The van der Waals surface area contributed by atoms with Crippen LogP contribution in [0.3, 0.4) is 0 Å². The van der Waals surface area contributed by atoms with Gasteiger partial charge in [-0.15, -0.1) is 0 Å². The predicted octanol–water partition coefficient (Wildman–Crippen LogP) is 16.2. The van der Waals surface area contributed by atoms with Crippen molar-refractivity contribution in [2.75, 3.05) is 0 Å². The smallest absolute Gasteiger partial charge is 0.0725 e. The van der Waals surface area contributed by atoms with Crippen molar-refractivity contribution in [1.82, 2.24) is 9.13 Å². The monoisotopic (exact) mass is 838 g/mol. The molecule has 2 nitrogen and oxygen atoms in total. The first-order valence-electron chi connectivity index (χ1n) is 23.3. The van der Waals surface area contributed by atoms with Crippen LogP contribution >= 0.6 is 0 Å². The van der Waals surface area contributed by atoms with E-state index in [0.29, 0.717) is 0 Å². The van der Waals surface area contributed by atoms with E-state index < -0.39 is 0 Å². The van der Waals surface area contributed by atoms with Crippen LogP contribution in [0, 0.1) is 0 Å². The molecule has 0 amide bonds. The van der Waals surface area contributed by atoms with Gasteiger partial charge in [-0.25, -0.2) is 0 Å². The Labute approximate surface area is 383 Å². The van der Waals surface area contributed by atoms with Crippen LogP contribution in [0.2, 0.25) is 0 Å². The Morgan fingerprint density at radius 1 is 0.273 bits per heavy atom. The normalized spacial score (nSPS) is 14.5. The van der Waals surface area contributed by atoms with Crippen LogP contribution in [0.4, 0.5) is 0 Å². The van der Waals surface area contributed by atoms with Crippen molar-refractivity contribution in [3.63, 3.8) is 0 Å². The number of aromatic nitrogens is 2. The van der Waals surface area contributed by atoms with E-state index in [2.05, 4.69) is 241 Å². The van der Waals surface area contributed by atoms with Gasteiger partial charge >= 0.3 is 0 Å². The Morgan fingerprint density at radius 2 is 0.682 bits per heavy atom. The number of benzene rings is 10. The fourth-order valence-corrected chi connectivity index (χ4v) is 12.9. The van der Waals surface area contributed by atoms with E-state index in [1.54, 1.807) is 0 Å². The molecule has 2 heterocycles. The van der Waals surface area contributed by atoms with Crippen molar-refractivity contribution in [2.24, 2.45) is 0 Å². The number of rotatable bonds is 3. The molecule has 0 radical (unpaired) electrons. The zero-order valence-corrected chi connectivity index (χ0v) is 36.7. The highest BCUT2D eigenvalue weighted by Gasteiger charge is 2.51. The summed E-state index contributed by atoms with van der Waals surface area (Å²) in [6, 6.07) is 82.3. The van der Waals surface area contributed by atoms with Crippen LogP contribution in [0.5, 0.6) is 0 Å². The fraction of sp³-hybridized carbons (Fsp3) is 0.0625. The Bertz CT molecular complexity index is 3980. The predicted molar refractivity (Wildman–Crippen MR) is 274 cm³/mol. The summed E-state index contributed by atoms with van der Waals surface area (Å²) in [4.78, 5) is 0.